The highest BCUT2D eigenvalue weighted by Gasteiger charge is 2.25. The Kier molecular flexibility index (Phi) is 2.97. The van der Waals surface area contributed by atoms with E-state index < -0.39 is 0 Å². The standard InChI is InChI=1S/C14H17FN4/c1-9(2)13-17-14-16-7-6-12(19(14)18-13)10-4-3-5-11(15)8-10/h3-5,8-9,12H,6-7H2,1-2H3,(H,16,17,18). The summed E-state index contributed by atoms with van der Waals surface area (Å²) in [7, 11) is 0. The van der Waals surface area contributed by atoms with Gasteiger partial charge in [0.2, 0.25) is 5.95 Å². The maximum absolute atomic E-state index is 13.4. The van der Waals surface area contributed by atoms with Gasteiger partial charge in [-0.1, -0.05) is 26.0 Å². The van der Waals surface area contributed by atoms with Gasteiger partial charge in [0.1, 0.15) is 5.82 Å². The molecule has 0 spiro atoms. The summed E-state index contributed by atoms with van der Waals surface area (Å²) in [6, 6.07) is 6.79. The second-order valence-electron chi connectivity index (χ2n) is 5.18. The van der Waals surface area contributed by atoms with Crippen molar-refractivity contribution in [2.45, 2.75) is 32.2 Å². The molecule has 0 aliphatic carbocycles. The zero-order valence-corrected chi connectivity index (χ0v) is 11.1. The third-order valence-electron chi connectivity index (χ3n) is 3.39. The summed E-state index contributed by atoms with van der Waals surface area (Å²) in [4.78, 5) is 4.50. The van der Waals surface area contributed by atoms with Gasteiger partial charge in [-0.2, -0.15) is 10.1 Å². The summed E-state index contributed by atoms with van der Waals surface area (Å²) in [6.07, 6.45) is 0.886. The zero-order valence-electron chi connectivity index (χ0n) is 11.1. The summed E-state index contributed by atoms with van der Waals surface area (Å²) in [6.45, 7) is 4.97. The van der Waals surface area contributed by atoms with Gasteiger partial charge in [-0.25, -0.2) is 9.07 Å². The van der Waals surface area contributed by atoms with Crippen LogP contribution in [-0.4, -0.2) is 21.3 Å². The van der Waals surface area contributed by atoms with Gasteiger partial charge in [0.15, 0.2) is 5.82 Å². The molecule has 0 radical (unpaired) electrons. The molecule has 1 aliphatic heterocycles. The van der Waals surface area contributed by atoms with E-state index in [1.807, 2.05) is 10.7 Å². The number of fused-ring (bicyclic) bond motifs is 1. The third kappa shape index (κ3) is 2.20. The Morgan fingerprint density at radius 1 is 1.42 bits per heavy atom. The molecular weight excluding hydrogens is 243 g/mol. The molecule has 1 atom stereocenters. The van der Waals surface area contributed by atoms with E-state index in [1.54, 1.807) is 12.1 Å². The Morgan fingerprint density at radius 3 is 3.00 bits per heavy atom. The van der Waals surface area contributed by atoms with Crippen LogP contribution in [0.4, 0.5) is 10.3 Å². The van der Waals surface area contributed by atoms with E-state index in [-0.39, 0.29) is 17.8 Å². The summed E-state index contributed by atoms with van der Waals surface area (Å²) in [5.41, 5.74) is 0.947. The molecule has 4 nitrogen and oxygen atoms in total. The topological polar surface area (TPSA) is 42.7 Å². The molecule has 100 valence electrons. The van der Waals surface area contributed by atoms with Gasteiger partial charge in [0, 0.05) is 12.5 Å². The Balaban J connectivity index is 2.02. The molecule has 1 aromatic carbocycles. The van der Waals surface area contributed by atoms with Crippen LogP contribution in [0.25, 0.3) is 0 Å². The Hall–Kier alpha value is -1.91. The summed E-state index contributed by atoms with van der Waals surface area (Å²) in [5.74, 6) is 1.69. The van der Waals surface area contributed by atoms with Crippen LogP contribution < -0.4 is 5.32 Å². The first-order chi connectivity index (χ1) is 9.15. The number of aromatic nitrogens is 3. The first-order valence-electron chi connectivity index (χ1n) is 6.61. The van der Waals surface area contributed by atoms with Crippen molar-refractivity contribution < 1.29 is 4.39 Å². The Labute approximate surface area is 111 Å². The SMILES string of the molecule is CC(C)c1nc2n(n1)C(c1cccc(F)c1)CCN2. The lowest BCUT2D eigenvalue weighted by Crippen LogP contribution is -2.24. The number of halogens is 1. The van der Waals surface area contributed by atoms with Crippen LogP contribution in [-0.2, 0) is 0 Å². The minimum absolute atomic E-state index is 0.0620. The van der Waals surface area contributed by atoms with Crippen molar-refractivity contribution in [1.82, 2.24) is 14.8 Å². The van der Waals surface area contributed by atoms with Crippen LogP contribution in [0.1, 0.15) is 43.6 Å². The third-order valence-corrected chi connectivity index (χ3v) is 3.39. The van der Waals surface area contributed by atoms with Gasteiger partial charge in [-0.05, 0) is 24.1 Å². The van der Waals surface area contributed by atoms with Gasteiger partial charge in [0.25, 0.3) is 0 Å². The van der Waals surface area contributed by atoms with Crippen molar-refractivity contribution in [3.8, 4) is 0 Å². The molecule has 19 heavy (non-hydrogen) atoms. The van der Waals surface area contributed by atoms with Crippen molar-refractivity contribution in [3.05, 3.63) is 41.5 Å². The lowest BCUT2D eigenvalue weighted by molar-refractivity contribution is 0.472. The predicted octanol–water partition coefficient (Wildman–Crippen LogP) is 2.95. The minimum atomic E-state index is -0.207. The van der Waals surface area contributed by atoms with Crippen LogP contribution in [0.2, 0.25) is 0 Å². The van der Waals surface area contributed by atoms with Crippen LogP contribution >= 0.6 is 0 Å². The quantitative estimate of drug-likeness (QED) is 0.902. The highest BCUT2D eigenvalue weighted by atomic mass is 19.1. The maximum Gasteiger partial charge on any atom is 0.221 e. The van der Waals surface area contributed by atoms with Gasteiger partial charge >= 0.3 is 0 Å². The molecule has 3 rings (SSSR count). The molecule has 5 heteroatoms. The van der Waals surface area contributed by atoms with Crippen LogP contribution in [0.15, 0.2) is 24.3 Å². The van der Waals surface area contributed by atoms with E-state index in [2.05, 4.69) is 29.2 Å². The number of hydrogen-bond acceptors (Lipinski definition) is 3. The molecular formula is C14H17FN4. The van der Waals surface area contributed by atoms with E-state index >= 15 is 0 Å². The van der Waals surface area contributed by atoms with Gasteiger partial charge in [-0.3, -0.25) is 0 Å². The average Bonchev–Trinajstić information content (AvgIpc) is 2.82. The lowest BCUT2D eigenvalue weighted by Gasteiger charge is -2.24. The minimum Gasteiger partial charge on any atom is -0.354 e. The van der Waals surface area contributed by atoms with Crippen molar-refractivity contribution in [3.63, 3.8) is 0 Å². The fraction of sp³-hybridized carbons (Fsp3) is 0.429. The number of anilines is 1. The largest absolute Gasteiger partial charge is 0.354 e. The van der Waals surface area contributed by atoms with Crippen LogP contribution in [0.5, 0.6) is 0 Å². The van der Waals surface area contributed by atoms with Gasteiger partial charge < -0.3 is 5.32 Å². The van der Waals surface area contributed by atoms with E-state index in [9.17, 15) is 4.39 Å². The summed E-state index contributed by atoms with van der Waals surface area (Å²) in [5, 5.41) is 7.81. The highest BCUT2D eigenvalue weighted by molar-refractivity contribution is 5.33. The first kappa shape index (κ1) is 12.1. The van der Waals surface area contributed by atoms with E-state index in [0.29, 0.717) is 0 Å². The molecule has 0 fully saturated rings. The second-order valence-corrected chi connectivity index (χ2v) is 5.18. The number of hydrogen-bond donors (Lipinski definition) is 1. The lowest BCUT2D eigenvalue weighted by atomic mass is 10.0. The number of rotatable bonds is 2. The number of nitrogens with zero attached hydrogens (tertiary/aromatic N) is 3. The van der Waals surface area contributed by atoms with Gasteiger partial charge in [0.05, 0.1) is 6.04 Å². The fourth-order valence-corrected chi connectivity index (χ4v) is 2.39. The first-order valence-corrected chi connectivity index (χ1v) is 6.61. The molecule has 0 saturated carbocycles. The zero-order chi connectivity index (χ0) is 13.4. The average molecular weight is 260 g/mol. The number of nitrogens with one attached hydrogen (secondary N) is 1. The highest BCUT2D eigenvalue weighted by Crippen LogP contribution is 2.29. The van der Waals surface area contributed by atoms with Crippen molar-refractivity contribution in [2.24, 2.45) is 0 Å². The van der Waals surface area contributed by atoms with Crippen molar-refractivity contribution in [1.29, 1.82) is 0 Å². The second kappa shape index (κ2) is 4.64. The van der Waals surface area contributed by atoms with E-state index in [4.69, 9.17) is 0 Å². The van der Waals surface area contributed by atoms with Crippen molar-refractivity contribution >= 4 is 5.95 Å². The Bertz CT molecular complexity index is 591. The molecule has 0 saturated heterocycles. The molecule has 1 aromatic heterocycles. The van der Waals surface area contributed by atoms with Crippen molar-refractivity contribution in [2.75, 3.05) is 11.9 Å². The smallest absolute Gasteiger partial charge is 0.221 e. The van der Waals surface area contributed by atoms with Gasteiger partial charge in [-0.15, -0.1) is 0 Å². The van der Waals surface area contributed by atoms with E-state index in [0.717, 1.165) is 30.3 Å². The molecule has 1 unspecified atom stereocenters. The fourth-order valence-electron chi connectivity index (χ4n) is 2.39. The van der Waals surface area contributed by atoms with E-state index in [1.165, 1.54) is 6.07 Å². The molecule has 0 amide bonds. The summed E-state index contributed by atoms with van der Waals surface area (Å²) < 4.78 is 15.3. The number of benzene rings is 1. The molecule has 2 heterocycles. The monoisotopic (exact) mass is 260 g/mol. The molecule has 0 bridgehead atoms. The Morgan fingerprint density at radius 2 is 2.26 bits per heavy atom. The predicted molar refractivity (Wildman–Crippen MR) is 71.8 cm³/mol. The molecule has 2 aromatic rings. The van der Waals surface area contributed by atoms with Crippen LogP contribution in [0.3, 0.4) is 0 Å². The maximum atomic E-state index is 13.4. The van der Waals surface area contributed by atoms with Crippen LogP contribution in [0, 0.1) is 5.82 Å². The normalized spacial score (nSPS) is 18.2. The summed E-state index contributed by atoms with van der Waals surface area (Å²) >= 11 is 0. The molecule has 1 aliphatic rings. The molecule has 1 N–H and O–H groups in total.